The van der Waals surface area contributed by atoms with Gasteiger partial charge in [0.05, 0.1) is 11.3 Å². The van der Waals surface area contributed by atoms with Crippen molar-refractivity contribution >= 4 is 11.6 Å². The molecule has 1 rings (SSSR count). The summed E-state index contributed by atoms with van der Waals surface area (Å²) >= 11 is 0. The predicted octanol–water partition coefficient (Wildman–Crippen LogP) is 1.07. The van der Waals surface area contributed by atoms with Crippen LogP contribution < -0.4 is 5.73 Å². The van der Waals surface area contributed by atoms with E-state index < -0.39 is 16.6 Å². The van der Waals surface area contributed by atoms with Gasteiger partial charge in [0, 0.05) is 11.6 Å². The number of hydrogen-bond donors (Lipinski definition) is 1. The van der Waals surface area contributed by atoms with Crippen molar-refractivity contribution in [2.45, 2.75) is 13.3 Å². The third-order valence-electron chi connectivity index (χ3n) is 2.06. The number of halogens is 1. The molecule has 2 N–H and O–H groups in total. The molecule has 0 aliphatic carbocycles. The lowest BCUT2D eigenvalue weighted by molar-refractivity contribution is -0.385. The van der Waals surface area contributed by atoms with Gasteiger partial charge in [-0.25, -0.2) is 4.39 Å². The maximum absolute atomic E-state index is 13.1. The molecule has 0 unspecified atom stereocenters. The van der Waals surface area contributed by atoms with Crippen LogP contribution >= 0.6 is 0 Å². The molecule has 1 amide bonds. The van der Waals surface area contributed by atoms with E-state index in [9.17, 15) is 19.3 Å². The number of carbonyl (C=O) groups excluding carboxylic acids is 1. The fraction of sp³-hybridized carbons (Fsp3) is 0.222. The number of nitro benzene ring substituents is 1. The monoisotopic (exact) mass is 212 g/mol. The van der Waals surface area contributed by atoms with Crippen molar-refractivity contribution < 1.29 is 14.1 Å². The Balaban J connectivity index is 3.34. The topological polar surface area (TPSA) is 86.2 Å². The number of nitro groups is 1. The zero-order valence-electron chi connectivity index (χ0n) is 7.99. The number of nitrogens with zero attached hydrogens (tertiary/aromatic N) is 1. The molecular formula is C9H9FN2O3. The van der Waals surface area contributed by atoms with Crippen LogP contribution in [0.3, 0.4) is 0 Å². The third kappa shape index (κ3) is 2.28. The molecule has 0 spiro atoms. The minimum atomic E-state index is -0.730. The highest BCUT2D eigenvalue weighted by molar-refractivity contribution is 5.78. The van der Waals surface area contributed by atoms with Crippen molar-refractivity contribution in [1.82, 2.24) is 0 Å². The lowest BCUT2D eigenvalue weighted by atomic mass is 10.0. The first kappa shape index (κ1) is 11.1. The van der Waals surface area contributed by atoms with Gasteiger partial charge in [0.15, 0.2) is 0 Å². The van der Waals surface area contributed by atoms with Crippen LogP contribution in [-0.4, -0.2) is 10.8 Å². The zero-order valence-corrected chi connectivity index (χ0v) is 7.99. The fourth-order valence-electron chi connectivity index (χ4n) is 1.28. The van der Waals surface area contributed by atoms with E-state index in [0.717, 1.165) is 12.1 Å². The lowest BCUT2D eigenvalue weighted by Crippen LogP contribution is -2.16. The maximum Gasteiger partial charge on any atom is 0.273 e. The molecule has 0 saturated heterocycles. The number of carbonyl (C=O) groups is 1. The van der Waals surface area contributed by atoms with Gasteiger partial charge < -0.3 is 5.73 Å². The average Bonchev–Trinajstić information content (AvgIpc) is 2.12. The van der Waals surface area contributed by atoms with Gasteiger partial charge in [0.2, 0.25) is 5.91 Å². The molecule has 0 aliphatic heterocycles. The quantitative estimate of drug-likeness (QED) is 0.600. The van der Waals surface area contributed by atoms with Gasteiger partial charge in [-0.15, -0.1) is 0 Å². The summed E-state index contributed by atoms with van der Waals surface area (Å²) in [5, 5.41) is 10.6. The van der Waals surface area contributed by atoms with Gasteiger partial charge in [-0.3, -0.25) is 14.9 Å². The number of hydrogen-bond acceptors (Lipinski definition) is 3. The van der Waals surface area contributed by atoms with Crippen LogP contribution in [0.2, 0.25) is 0 Å². The molecule has 15 heavy (non-hydrogen) atoms. The van der Waals surface area contributed by atoms with Gasteiger partial charge in [0.25, 0.3) is 5.69 Å². The standard InChI is InChI=1S/C9H9FN2O3/c1-5-6(4-9(11)13)8(12(14)15)3-2-7(5)10/h2-3H,4H2,1H3,(H2,11,13). The number of rotatable bonds is 3. The summed E-state index contributed by atoms with van der Waals surface area (Å²) in [5.41, 5.74) is 4.76. The summed E-state index contributed by atoms with van der Waals surface area (Å²) in [6.45, 7) is 1.38. The molecule has 5 nitrogen and oxygen atoms in total. The van der Waals surface area contributed by atoms with Gasteiger partial charge in [-0.05, 0) is 18.6 Å². The number of nitrogens with two attached hydrogens (primary N) is 1. The van der Waals surface area contributed by atoms with Crippen molar-refractivity contribution in [1.29, 1.82) is 0 Å². The Morgan fingerprint density at radius 1 is 1.60 bits per heavy atom. The molecule has 1 aromatic rings. The smallest absolute Gasteiger partial charge is 0.273 e. The first-order valence-corrected chi connectivity index (χ1v) is 4.14. The first-order valence-electron chi connectivity index (χ1n) is 4.14. The van der Waals surface area contributed by atoms with Crippen LogP contribution in [0.4, 0.5) is 10.1 Å². The normalized spacial score (nSPS) is 10.0. The summed E-state index contributed by atoms with van der Waals surface area (Å²) in [7, 11) is 0. The molecule has 0 atom stereocenters. The van der Waals surface area contributed by atoms with Gasteiger partial charge in [-0.1, -0.05) is 0 Å². The molecule has 0 fully saturated rings. The summed E-state index contributed by atoms with van der Waals surface area (Å²) < 4.78 is 13.1. The van der Waals surface area contributed by atoms with Crippen LogP contribution in [0.25, 0.3) is 0 Å². The Kier molecular flexibility index (Phi) is 2.99. The minimum Gasteiger partial charge on any atom is -0.369 e. The van der Waals surface area contributed by atoms with E-state index >= 15 is 0 Å². The first-order chi connectivity index (χ1) is 6.93. The molecular weight excluding hydrogens is 203 g/mol. The maximum atomic E-state index is 13.1. The Bertz CT molecular complexity index is 432. The number of amides is 1. The van der Waals surface area contributed by atoms with E-state index in [1.165, 1.54) is 6.92 Å². The highest BCUT2D eigenvalue weighted by atomic mass is 19.1. The molecule has 0 saturated carbocycles. The van der Waals surface area contributed by atoms with Crippen molar-refractivity contribution in [3.8, 4) is 0 Å². The molecule has 0 bridgehead atoms. The Morgan fingerprint density at radius 2 is 2.20 bits per heavy atom. The second-order valence-corrected chi connectivity index (χ2v) is 3.07. The van der Waals surface area contributed by atoms with E-state index in [1.807, 2.05) is 0 Å². The van der Waals surface area contributed by atoms with Crippen LogP contribution in [0.5, 0.6) is 0 Å². The second-order valence-electron chi connectivity index (χ2n) is 3.07. The Labute approximate surface area is 84.8 Å². The van der Waals surface area contributed by atoms with Gasteiger partial charge in [-0.2, -0.15) is 0 Å². The second kappa shape index (κ2) is 4.04. The Hall–Kier alpha value is -1.98. The van der Waals surface area contributed by atoms with Crippen molar-refractivity contribution in [2.75, 3.05) is 0 Å². The molecule has 6 heteroatoms. The average molecular weight is 212 g/mol. The van der Waals surface area contributed by atoms with E-state index in [2.05, 4.69) is 0 Å². The van der Waals surface area contributed by atoms with Crippen LogP contribution in [0, 0.1) is 22.9 Å². The summed E-state index contributed by atoms with van der Waals surface area (Å²) in [5.74, 6) is -1.32. The highest BCUT2D eigenvalue weighted by Gasteiger charge is 2.19. The van der Waals surface area contributed by atoms with Crippen LogP contribution in [0.1, 0.15) is 11.1 Å². The SMILES string of the molecule is Cc1c(F)ccc([N+](=O)[O-])c1CC(N)=O. The third-order valence-corrected chi connectivity index (χ3v) is 2.06. The predicted molar refractivity (Wildman–Crippen MR) is 50.7 cm³/mol. The molecule has 0 aliphatic rings. The number of primary amides is 1. The Morgan fingerprint density at radius 3 is 2.67 bits per heavy atom. The molecule has 0 radical (unpaired) electrons. The van der Waals surface area contributed by atoms with Crippen molar-refractivity contribution in [3.63, 3.8) is 0 Å². The number of benzene rings is 1. The van der Waals surface area contributed by atoms with E-state index in [1.54, 1.807) is 0 Å². The lowest BCUT2D eigenvalue weighted by Gasteiger charge is -2.05. The van der Waals surface area contributed by atoms with Gasteiger partial charge in [0.1, 0.15) is 5.82 Å². The van der Waals surface area contributed by atoms with Crippen molar-refractivity contribution in [3.05, 3.63) is 39.2 Å². The zero-order chi connectivity index (χ0) is 11.6. The highest BCUT2D eigenvalue weighted by Crippen LogP contribution is 2.24. The summed E-state index contributed by atoms with van der Waals surface area (Å²) in [6, 6.07) is 2.03. The van der Waals surface area contributed by atoms with E-state index in [0.29, 0.717) is 0 Å². The fourth-order valence-corrected chi connectivity index (χ4v) is 1.28. The van der Waals surface area contributed by atoms with Gasteiger partial charge >= 0.3 is 0 Å². The van der Waals surface area contributed by atoms with E-state index in [-0.39, 0.29) is 23.2 Å². The molecule has 0 aromatic heterocycles. The summed E-state index contributed by atoms with van der Waals surface area (Å²) in [6.07, 6.45) is -0.333. The molecule has 80 valence electrons. The van der Waals surface area contributed by atoms with Crippen LogP contribution in [-0.2, 0) is 11.2 Å². The minimum absolute atomic E-state index is 0.0347. The summed E-state index contributed by atoms with van der Waals surface area (Å²) in [4.78, 5) is 20.6. The van der Waals surface area contributed by atoms with Crippen molar-refractivity contribution in [2.24, 2.45) is 5.73 Å². The van der Waals surface area contributed by atoms with E-state index in [4.69, 9.17) is 5.73 Å². The molecule has 1 aromatic carbocycles. The largest absolute Gasteiger partial charge is 0.369 e. The molecule has 0 heterocycles. The van der Waals surface area contributed by atoms with Crippen LogP contribution in [0.15, 0.2) is 12.1 Å².